The Labute approximate surface area is 191 Å². The summed E-state index contributed by atoms with van der Waals surface area (Å²) in [5, 5.41) is 14.8. The van der Waals surface area contributed by atoms with Gasteiger partial charge in [0.05, 0.1) is 18.2 Å². The molecule has 6 heteroatoms. The van der Waals surface area contributed by atoms with Crippen molar-refractivity contribution in [2.24, 2.45) is 17.3 Å². The maximum atomic E-state index is 12.6. The second-order valence-corrected chi connectivity index (χ2v) is 11.0. The number of likely N-dealkylation sites (tertiary alicyclic amines) is 1. The summed E-state index contributed by atoms with van der Waals surface area (Å²) in [7, 11) is 0. The van der Waals surface area contributed by atoms with Gasteiger partial charge in [0.25, 0.3) is 0 Å². The molecule has 1 unspecified atom stereocenters. The Morgan fingerprint density at radius 2 is 1.91 bits per heavy atom. The predicted octanol–water partition coefficient (Wildman–Crippen LogP) is 4.21. The normalized spacial score (nSPS) is 23.7. The van der Waals surface area contributed by atoms with Gasteiger partial charge in [0.15, 0.2) is 5.78 Å². The molecule has 0 spiro atoms. The Morgan fingerprint density at radius 1 is 1.19 bits per heavy atom. The number of aliphatic hydroxyl groups is 1. The van der Waals surface area contributed by atoms with Crippen LogP contribution in [0.15, 0.2) is 24.5 Å². The van der Waals surface area contributed by atoms with E-state index in [1.54, 1.807) is 6.33 Å². The quantitative estimate of drug-likeness (QED) is 0.674. The Hall–Kier alpha value is -2.05. The summed E-state index contributed by atoms with van der Waals surface area (Å²) in [5.74, 6) is 1.87. The van der Waals surface area contributed by atoms with E-state index >= 15 is 0 Å². The van der Waals surface area contributed by atoms with Crippen LogP contribution in [0.5, 0.6) is 0 Å². The van der Waals surface area contributed by atoms with Crippen molar-refractivity contribution in [1.29, 1.82) is 0 Å². The number of hydrogen-bond donors (Lipinski definition) is 2. The van der Waals surface area contributed by atoms with Gasteiger partial charge in [-0.2, -0.15) is 0 Å². The molecule has 1 aliphatic heterocycles. The SMILES string of the molecule is Cc1ccc2ncnc(NCC(=O)CC3CN(C4CCC(C(O)C(C)(C)C)CC4)C3)c2c1. The van der Waals surface area contributed by atoms with Crippen molar-refractivity contribution in [3.8, 4) is 0 Å². The number of rotatable bonds is 7. The average Bonchev–Trinajstić information content (AvgIpc) is 2.73. The molecular weight excluding hydrogens is 400 g/mol. The van der Waals surface area contributed by atoms with Crippen LogP contribution in [0.25, 0.3) is 10.9 Å². The highest BCUT2D eigenvalue weighted by Crippen LogP contribution is 2.38. The molecule has 1 saturated heterocycles. The minimum atomic E-state index is -0.214. The summed E-state index contributed by atoms with van der Waals surface area (Å²) in [6.07, 6.45) is 6.51. The molecule has 2 aromatic rings. The molecule has 1 aromatic carbocycles. The topological polar surface area (TPSA) is 78.4 Å². The second kappa shape index (κ2) is 9.44. The van der Waals surface area contributed by atoms with Gasteiger partial charge in [-0.15, -0.1) is 0 Å². The first kappa shape index (κ1) is 23.1. The highest BCUT2D eigenvalue weighted by Gasteiger charge is 2.38. The van der Waals surface area contributed by atoms with Crippen LogP contribution in [0.4, 0.5) is 5.82 Å². The van der Waals surface area contributed by atoms with Crippen LogP contribution in [-0.2, 0) is 4.79 Å². The van der Waals surface area contributed by atoms with Crippen molar-refractivity contribution in [2.75, 3.05) is 25.0 Å². The first-order valence-electron chi connectivity index (χ1n) is 12.1. The number of hydrogen-bond acceptors (Lipinski definition) is 6. The van der Waals surface area contributed by atoms with Crippen LogP contribution >= 0.6 is 0 Å². The molecule has 32 heavy (non-hydrogen) atoms. The van der Waals surface area contributed by atoms with Crippen LogP contribution in [0.2, 0.25) is 0 Å². The Morgan fingerprint density at radius 3 is 2.59 bits per heavy atom. The lowest BCUT2D eigenvalue weighted by Gasteiger charge is -2.47. The monoisotopic (exact) mass is 438 g/mol. The highest BCUT2D eigenvalue weighted by molar-refractivity contribution is 5.91. The van der Waals surface area contributed by atoms with Crippen LogP contribution in [0.3, 0.4) is 0 Å². The third kappa shape index (κ3) is 5.29. The van der Waals surface area contributed by atoms with E-state index in [4.69, 9.17) is 0 Å². The first-order chi connectivity index (χ1) is 15.2. The Balaban J connectivity index is 1.19. The van der Waals surface area contributed by atoms with Crippen molar-refractivity contribution >= 4 is 22.5 Å². The van der Waals surface area contributed by atoms with E-state index in [1.807, 2.05) is 19.1 Å². The van der Waals surface area contributed by atoms with E-state index < -0.39 is 0 Å². The number of Topliss-reactive ketones (excluding diaryl/α,β-unsaturated/α-hetero) is 1. The molecule has 0 bridgehead atoms. The molecule has 0 amide bonds. The van der Waals surface area contributed by atoms with E-state index in [-0.39, 0.29) is 17.3 Å². The Kier molecular flexibility index (Phi) is 6.82. The number of aryl methyl sites for hydroxylation is 1. The van der Waals surface area contributed by atoms with Gasteiger partial charge in [0, 0.05) is 30.9 Å². The molecule has 1 aromatic heterocycles. The van der Waals surface area contributed by atoms with E-state index in [0.29, 0.717) is 30.8 Å². The van der Waals surface area contributed by atoms with Crippen LogP contribution in [0.1, 0.15) is 58.4 Å². The van der Waals surface area contributed by atoms with Gasteiger partial charge < -0.3 is 10.4 Å². The van der Waals surface area contributed by atoms with Crippen molar-refractivity contribution in [3.63, 3.8) is 0 Å². The van der Waals surface area contributed by atoms with Gasteiger partial charge >= 0.3 is 0 Å². The number of fused-ring (bicyclic) bond motifs is 1. The molecule has 2 fully saturated rings. The molecule has 2 N–H and O–H groups in total. The van der Waals surface area contributed by atoms with Crippen molar-refractivity contribution in [3.05, 3.63) is 30.1 Å². The molecular formula is C26H38N4O2. The fraction of sp³-hybridized carbons (Fsp3) is 0.654. The highest BCUT2D eigenvalue weighted by atomic mass is 16.3. The van der Waals surface area contributed by atoms with Crippen LogP contribution < -0.4 is 5.32 Å². The molecule has 6 nitrogen and oxygen atoms in total. The predicted molar refractivity (Wildman–Crippen MR) is 129 cm³/mol. The number of aromatic nitrogens is 2. The summed E-state index contributed by atoms with van der Waals surface area (Å²) in [4.78, 5) is 23.8. The summed E-state index contributed by atoms with van der Waals surface area (Å²) in [6.45, 7) is 10.8. The zero-order chi connectivity index (χ0) is 22.9. The molecule has 2 heterocycles. The largest absolute Gasteiger partial charge is 0.392 e. The minimum absolute atomic E-state index is 0.0371. The third-order valence-corrected chi connectivity index (χ3v) is 7.34. The smallest absolute Gasteiger partial charge is 0.152 e. The number of nitrogens with zero attached hydrogens (tertiary/aromatic N) is 3. The fourth-order valence-corrected chi connectivity index (χ4v) is 5.41. The number of anilines is 1. The van der Waals surface area contributed by atoms with Gasteiger partial charge in [-0.1, -0.05) is 32.4 Å². The van der Waals surface area contributed by atoms with Gasteiger partial charge in [0.1, 0.15) is 12.1 Å². The second-order valence-electron chi connectivity index (χ2n) is 11.0. The Bertz CT molecular complexity index is 940. The number of benzene rings is 1. The fourth-order valence-electron chi connectivity index (χ4n) is 5.41. The molecule has 174 valence electrons. The average molecular weight is 439 g/mol. The van der Waals surface area contributed by atoms with Crippen molar-refractivity contribution in [1.82, 2.24) is 14.9 Å². The summed E-state index contributed by atoms with van der Waals surface area (Å²) in [6, 6.07) is 6.70. The van der Waals surface area contributed by atoms with Crippen LogP contribution in [-0.4, -0.2) is 57.5 Å². The summed E-state index contributed by atoms with van der Waals surface area (Å²) >= 11 is 0. The van der Waals surface area contributed by atoms with E-state index in [0.717, 1.165) is 48.2 Å². The molecule has 2 aliphatic rings. The number of aliphatic hydroxyl groups excluding tert-OH is 1. The van der Waals surface area contributed by atoms with Gasteiger partial charge in [0.2, 0.25) is 0 Å². The molecule has 1 atom stereocenters. The standard InChI is InChI=1S/C26H38N4O2/c1-17-5-10-23-22(11-17)25(29-16-28-23)27-13-21(31)12-18-14-30(15-18)20-8-6-19(7-9-20)24(32)26(2,3)4/h5,10-11,16,18-20,24,32H,6-9,12-15H2,1-4H3,(H,27,28,29). The van der Waals surface area contributed by atoms with Gasteiger partial charge in [-0.25, -0.2) is 9.97 Å². The van der Waals surface area contributed by atoms with Crippen LogP contribution in [0, 0.1) is 24.2 Å². The van der Waals surface area contributed by atoms with E-state index in [9.17, 15) is 9.90 Å². The lowest BCUT2D eigenvalue weighted by Crippen LogP contribution is -2.54. The summed E-state index contributed by atoms with van der Waals surface area (Å²) in [5.41, 5.74) is 2.00. The zero-order valence-electron chi connectivity index (χ0n) is 20.0. The van der Waals surface area contributed by atoms with E-state index in [2.05, 4.69) is 47.0 Å². The molecule has 1 aliphatic carbocycles. The molecule has 0 radical (unpaired) electrons. The lowest BCUT2D eigenvalue weighted by atomic mass is 9.73. The van der Waals surface area contributed by atoms with Gasteiger partial charge in [-0.3, -0.25) is 9.69 Å². The molecule has 4 rings (SSSR count). The third-order valence-electron chi connectivity index (χ3n) is 7.34. The van der Waals surface area contributed by atoms with Crippen molar-refractivity contribution < 1.29 is 9.90 Å². The number of ketones is 1. The van der Waals surface area contributed by atoms with Crippen molar-refractivity contribution in [2.45, 2.75) is 71.9 Å². The van der Waals surface area contributed by atoms with E-state index in [1.165, 1.54) is 12.8 Å². The maximum absolute atomic E-state index is 12.6. The lowest BCUT2D eigenvalue weighted by molar-refractivity contribution is -0.120. The molecule has 1 saturated carbocycles. The summed E-state index contributed by atoms with van der Waals surface area (Å²) < 4.78 is 0. The maximum Gasteiger partial charge on any atom is 0.152 e. The van der Waals surface area contributed by atoms with Gasteiger partial charge in [-0.05, 0) is 62.0 Å². The first-order valence-corrected chi connectivity index (χ1v) is 12.1. The minimum Gasteiger partial charge on any atom is -0.392 e. The zero-order valence-corrected chi connectivity index (χ0v) is 20.0. The number of carbonyl (C=O) groups is 1. The number of nitrogens with one attached hydrogen (secondary N) is 1. The number of carbonyl (C=O) groups excluding carboxylic acids is 1.